The highest BCUT2D eigenvalue weighted by atomic mass is 16.5. The molecule has 0 unspecified atom stereocenters. The number of fused-ring (bicyclic) bond motifs is 1. The molecular weight excluding hydrogens is 230 g/mol. The second-order valence-electron chi connectivity index (χ2n) is 4.64. The first kappa shape index (κ1) is 12.6. The van der Waals surface area contributed by atoms with E-state index >= 15 is 0 Å². The van der Waals surface area contributed by atoms with Crippen molar-refractivity contribution in [3.63, 3.8) is 0 Å². The Morgan fingerprint density at radius 3 is 2.56 bits per heavy atom. The van der Waals surface area contributed by atoms with E-state index in [1.807, 2.05) is 13.8 Å². The third-order valence-corrected chi connectivity index (χ3v) is 3.71. The van der Waals surface area contributed by atoms with Gasteiger partial charge in [0, 0.05) is 23.9 Å². The topological polar surface area (TPSA) is 48.3 Å². The molecule has 0 aliphatic heterocycles. The van der Waals surface area contributed by atoms with Crippen molar-refractivity contribution in [3.05, 3.63) is 38.3 Å². The number of hydrogen-bond donors (Lipinski definition) is 0. The fourth-order valence-electron chi connectivity index (χ4n) is 2.43. The molecule has 0 bridgehead atoms. The highest BCUT2D eigenvalue weighted by Crippen LogP contribution is 2.26. The summed E-state index contributed by atoms with van der Waals surface area (Å²) in [5.41, 5.74) is 4.42. The van der Waals surface area contributed by atoms with Gasteiger partial charge in [-0.2, -0.15) is 0 Å². The van der Waals surface area contributed by atoms with E-state index < -0.39 is 0 Å². The second-order valence-corrected chi connectivity index (χ2v) is 4.64. The summed E-state index contributed by atoms with van der Waals surface area (Å²) in [5, 5.41) is 0. The molecule has 0 aromatic carbocycles. The SMILES string of the molecule is COC(=O)C1=Cc2c(c(C)c(C)c(=O)n2C)CC1. The molecule has 1 aromatic heterocycles. The van der Waals surface area contributed by atoms with Crippen molar-refractivity contribution in [2.24, 2.45) is 7.05 Å². The van der Waals surface area contributed by atoms with Gasteiger partial charge in [-0.15, -0.1) is 0 Å². The lowest BCUT2D eigenvalue weighted by atomic mass is 9.90. The summed E-state index contributed by atoms with van der Waals surface area (Å²) in [5.74, 6) is -0.314. The van der Waals surface area contributed by atoms with Crippen LogP contribution in [-0.2, 0) is 23.0 Å². The number of ether oxygens (including phenoxy) is 1. The summed E-state index contributed by atoms with van der Waals surface area (Å²) >= 11 is 0. The van der Waals surface area contributed by atoms with Crippen molar-refractivity contribution >= 4 is 12.0 Å². The minimum absolute atomic E-state index is 0.00591. The minimum atomic E-state index is -0.314. The molecule has 0 radical (unpaired) electrons. The van der Waals surface area contributed by atoms with E-state index in [9.17, 15) is 9.59 Å². The Kier molecular flexibility index (Phi) is 3.11. The van der Waals surface area contributed by atoms with E-state index in [0.717, 1.165) is 28.8 Å². The average Bonchev–Trinajstić information content (AvgIpc) is 2.41. The average molecular weight is 247 g/mol. The first-order chi connectivity index (χ1) is 8.47. The molecule has 4 nitrogen and oxygen atoms in total. The van der Waals surface area contributed by atoms with Crippen molar-refractivity contribution < 1.29 is 9.53 Å². The Labute approximate surface area is 106 Å². The van der Waals surface area contributed by atoms with E-state index in [0.29, 0.717) is 12.0 Å². The molecule has 0 saturated heterocycles. The van der Waals surface area contributed by atoms with E-state index in [2.05, 4.69) is 0 Å². The highest BCUT2D eigenvalue weighted by molar-refractivity contribution is 5.94. The third kappa shape index (κ3) is 1.78. The van der Waals surface area contributed by atoms with Crippen LogP contribution in [0.1, 0.15) is 28.8 Å². The molecule has 4 heteroatoms. The molecule has 0 amide bonds. The van der Waals surface area contributed by atoms with E-state index in [1.165, 1.54) is 7.11 Å². The lowest BCUT2D eigenvalue weighted by molar-refractivity contribution is -0.136. The number of carbonyl (C=O) groups is 1. The number of pyridine rings is 1. The molecule has 0 N–H and O–H groups in total. The van der Waals surface area contributed by atoms with Crippen LogP contribution in [0, 0.1) is 13.8 Å². The quantitative estimate of drug-likeness (QED) is 0.707. The lowest BCUT2D eigenvalue weighted by Crippen LogP contribution is -2.26. The Morgan fingerprint density at radius 1 is 1.28 bits per heavy atom. The predicted octanol–water partition coefficient (Wildman–Crippen LogP) is 1.50. The summed E-state index contributed by atoms with van der Waals surface area (Å²) < 4.78 is 6.35. The van der Waals surface area contributed by atoms with Gasteiger partial charge >= 0.3 is 5.97 Å². The maximum Gasteiger partial charge on any atom is 0.333 e. The second kappa shape index (κ2) is 4.44. The standard InChI is InChI=1S/C14H17NO3/c1-8-9(2)13(16)15(3)12-7-10(14(17)18-4)5-6-11(8)12/h7H,5-6H2,1-4H3. The lowest BCUT2D eigenvalue weighted by Gasteiger charge is -2.21. The van der Waals surface area contributed by atoms with Gasteiger partial charge in [0.25, 0.3) is 5.56 Å². The van der Waals surface area contributed by atoms with Crippen LogP contribution >= 0.6 is 0 Å². The monoisotopic (exact) mass is 247 g/mol. The summed E-state index contributed by atoms with van der Waals surface area (Å²) in [4.78, 5) is 23.6. The number of rotatable bonds is 1. The normalized spacial score (nSPS) is 13.9. The van der Waals surface area contributed by atoms with Crippen molar-refractivity contribution in [2.75, 3.05) is 7.11 Å². The Bertz CT molecular complexity index is 608. The van der Waals surface area contributed by atoms with Gasteiger partial charge in [0.1, 0.15) is 0 Å². The van der Waals surface area contributed by atoms with Crippen LogP contribution in [0.5, 0.6) is 0 Å². The van der Waals surface area contributed by atoms with Crippen LogP contribution in [0.3, 0.4) is 0 Å². The van der Waals surface area contributed by atoms with E-state index in [4.69, 9.17) is 4.74 Å². The van der Waals surface area contributed by atoms with Gasteiger partial charge in [-0.25, -0.2) is 4.79 Å². The Hall–Kier alpha value is -1.84. The van der Waals surface area contributed by atoms with Crippen LogP contribution in [0.4, 0.5) is 0 Å². The van der Waals surface area contributed by atoms with Crippen molar-refractivity contribution in [3.8, 4) is 0 Å². The molecule has 1 aromatic rings. The summed E-state index contributed by atoms with van der Waals surface area (Å²) in [7, 11) is 3.11. The maximum atomic E-state index is 12.0. The summed E-state index contributed by atoms with van der Waals surface area (Å²) in [6.45, 7) is 3.81. The van der Waals surface area contributed by atoms with Crippen LogP contribution < -0.4 is 5.56 Å². The molecule has 0 fully saturated rings. The molecule has 2 rings (SSSR count). The predicted molar refractivity (Wildman–Crippen MR) is 69.5 cm³/mol. The molecule has 0 saturated carbocycles. The Morgan fingerprint density at radius 2 is 1.94 bits per heavy atom. The van der Waals surface area contributed by atoms with Gasteiger partial charge in [0.2, 0.25) is 0 Å². The van der Waals surface area contributed by atoms with Crippen LogP contribution in [0.15, 0.2) is 10.4 Å². The van der Waals surface area contributed by atoms with Crippen LogP contribution in [-0.4, -0.2) is 17.6 Å². The number of nitrogens with zero attached hydrogens (tertiary/aromatic N) is 1. The van der Waals surface area contributed by atoms with Gasteiger partial charge in [0.15, 0.2) is 0 Å². The molecule has 0 atom stereocenters. The summed E-state index contributed by atoms with van der Waals surface area (Å²) in [6, 6.07) is 0. The molecule has 18 heavy (non-hydrogen) atoms. The minimum Gasteiger partial charge on any atom is -0.466 e. The number of carbonyl (C=O) groups excluding carboxylic acids is 1. The van der Waals surface area contributed by atoms with Gasteiger partial charge in [-0.3, -0.25) is 4.79 Å². The van der Waals surface area contributed by atoms with Crippen molar-refractivity contribution in [1.82, 2.24) is 4.57 Å². The zero-order chi connectivity index (χ0) is 13.4. The van der Waals surface area contributed by atoms with Crippen molar-refractivity contribution in [2.45, 2.75) is 26.7 Å². The number of aromatic nitrogens is 1. The zero-order valence-corrected chi connectivity index (χ0v) is 11.2. The molecular formula is C14H17NO3. The fourth-order valence-corrected chi connectivity index (χ4v) is 2.43. The van der Waals surface area contributed by atoms with Crippen molar-refractivity contribution in [1.29, 1.82) is 0 Å². The number of hydrogen-bond acceptors (Lipinski definition) is 3. The zero-order valence-electron chi connectivity index (χ0n) is 11.2. The molecule has 96 valence electrons. The number of methoxy groups -OCH3 is 1. The van der Waals surface area contributed by atoms with E-state index in [1.54, 1.807) is 17.7 Å². The third-order valence-electron chi connectivity index (χ3n) is 3.71. The molecule has 1 aliphatic carbocycles. The van der Waals surface area contributed by atoms with Gasteiger partial charge in [0.05, 0.1) is 7.11 Å². The van der Waals surface area contributed by atoms with Gasteiger partial charge in [-0.1, -0.05) is 0 Å². The smallest absolute Gasteiger partial charge is 0.333 e. The first-order valence-corrected chi connectivity index (χ1v) is 5.95. The van der Waals surface area contributed by atoms with Gasteiger partial charge < -0.3 is 9.30 Å². The molecule has 0 spiro atoms. The van der Waals surface area contributed by atoms with E-state index in [-0.39, 0.29) is 11.5 Å². The van der Waals surface area contributed by atoms with Gasteiger partial charge in [-0.05, 0) is 43.9 Å². The van der Waals surface area contributed by atoms with Crippen LogP contribution in [0.25, 0.3) is 6.08 Å². The van der Waals surface area contributed by atoms with Crippen LogP contribution in [0.2, 0.25) is 0 Å². The fraction of sp³-hybridized carbons (Fsp3) is 0.429. The first-order valence-electron chi connectivity index (χ1n) is 5.95. The summed E-state index contributed by atoms with van der Waals surface area (Å²) in [6.07, 6.45) is 3.22. The maximum absolute atomic E-state index is 12.0. The molecule has 1 aliphatic rings. The number of esters is 1. The highest BCUT2D eigenvalue weighted by Gasteiger charge is 2.21. The molecule has 1 heterocycles. The Balaban J connectivity index is 2.68. The largest absolute Gasteiger partial charge is 0.466 e.